The second-order valence-corrected chi connectivity index (χ2v) is 5.88. The van der Waals surface area contributed by atoms with Gasteiger partial charge in [-0.3, -0.25) is 4.99 Å². The number of rotatable bonds is 5. The number of alkyl halides is 3. The van der Waals surface area contributed by atoms with Crippen LogP contribution in [0.5, 0.6) is 17.2 Å². The molecule has 148 valence electrons. The monoisotopic (exact) mass is 385 g/mol. The Bertz CT molecular complexity index is 810. The van der Waals surface area contributed by atoms with Crippen LogP contribution >= 0.6 is 0 Å². The van der Waals surface area contributed by atoms with Gasteiger partial charge in [-0.1, -0.05) is 0 Å². The lowest BCUT2D eigenvalue weighted by Gasteiger charge is -2.24. The summed E-state index contributed by atoms with van der Waals surface area (Å²) < 4.78 is 61.3. The molecule has 1 aromatic carbocycles. The Labute approximate surface area is 156 Å². The van der Waals surface area contributed by atoms with Crippen LogP contribution in [0.1, 0.15) is 18.1 Å². The lowest BCUT2D eigenvalue weighted by Crippen LogP contribution is -2.24. The Morgan fingerprint density at radius 1 is 1.00 bits per heavy atom. The molecule has 0 aromatic heterocycles. The number of aliphatic imine (C=N–C) groups is 1. The molecule has 1 atom stereocenters. The number of halogens is 3. The molecule has 27 heavy (non-hydrogen) atoms. The zero-order valence-electron chi connectivity index (χ0n) is 16.0. The first-order valence-corrected chi connectivity index (χ1v) is 8.05. The molecule has 8 heteroatoms. The molecule has 0 radical (unpaired) electrons. The number of benzene rings is 1. The van der Waals surface area contributed by atoms with E-state index < -0.39 is 18.0 Å². The number of methoxy groups -OCH3 is 4. The van der Waals surface area contributed by atoms with Crippen LogP contribution in [0.2, 0.25) is 0 Å². The van der Waals surface area contributed by atoms with Gasteiger partial charge in [-0.05, 0) is 37.1 Å². The third-order valence-corrected chi connectivity index (χ3v) is 4.35. The maximum atomic E-state index is 13.3. The van der Waals surface area contributed by atoms with E-state index in [9.17, 15) is 13.2 Å². The molecule has 5 nitrogen and oxygen atoms in total. The maximum Gasteiger partial charge on any atom is 0.418 e. The van der Waals surface area contributed by atoms with E-state index in [4.69, 9.17) is 18.9 Å². The highest BCUT2D eigenvalue weighted by Gasteiger charge is 2.38. The van der Waals surface area contributed by atoms with Crippen molar-refractivity contribution in [2.75, 3.05) is 28.4 Å². The number of nitrogens with zero attached hydrogens (tertiary/aromatic N) is 1. The average molecular weight is 385 g/mol. The summed E-state index contributed by atoms with van der Waals surface area (Å²) in [6.45, 7) is 3.20. The molecule has 2 rings (SSSR count). The highest BCUT2D eigenvalue weighted by Crippen LogP contribution is 2.44. The van der Waals surface area contributed by atoms with Crippen molar-refractivity contribution in [3.63, 3.8) is 0 Å². The van der Waals surface area contributed by atoms with Gasteiger partial charge >= 0.3 is 6.18 Å². The molecule has 0 spiro atoms. The lowest BCUT2D eigenvalue weighted by molar-refractivity contribution is -0.0866. The number of hydrogen-bond acceptors (Lipinski definition) is 5. The Hall–Kier alpha value is -2.48. The maximum absolute atomic E-state index is 13.3. The number of hydrogen-bond donors (Lipinski definition) is 0. The van der Waals surface area contributed by atoms with Gasteiger partial charge in [0, 0.05) is 24.5 Å². The molecule has 1 heterocycles. The van der Waals surface area contributed by atoms with Crippen LogP contribution < -0.4 is 14.2 Å². The predicted molar refractivity (Wildman–Crippen MR) is 96.9 cm³/mol. The van der Waals surface area contributed by atoms with Crippen LogP contribution in [-0.2, 0) is 4.74 Å². The Morgan fingerprint density at radius 2 is 1.63 bits per heavy atom. The van der Waals surface area contributed by atoms with Gasteiger partial charge in [-0.2, -0.15) is 13.2 Å². The number of allylic oxidation sites excluding steroid dienone is 1. The van der Waals surface area contributed by atoms with Crippen molar-refractivity contribution in [2.45, 2.75) is 26.3 Å². The Morgan fingerprint density at radius 3 is 2.11 bits per heavy atom. The number of aryl methyl sites for hydroxylation is 1. The first kappa shape index (κ1) is 20.8. The fourth-order valence-corrected chi connectivity index (χ4v) is 2.95. The van der Waals surface area contributed by atoms with E-state index in [0.29, 0.717) is 28.4 Å². The summed E-state index contributed by atoms with van der Waals surface area (Å²) in [6, 6.07) is 1.73. The van der Waals surface area contributed by atoms with Crippen molar-refractivity contribution < 1.29 is 32.1 Å². The smallest absolute Gasteiger partial charge is 0.418 e. The van der Waals surface area contributed by atoms with Gasteiger partial charge in [-0.15, -0.1) is 0 Å². The van der Waals surface area contributed by atoms with Gasteiger partial charge in [0.2, 0.25) is 5.75 Å². The van der Waals surface area contributed by atoms with Gasteiger partial charge in [0.05, 0.1) is 26.9 Å². The number of ether oxygens (including phenoxy) is 4. The summed E-state index contributed by atoms with van der Waals surface area (Å²) in [5.74, 6) is 1.17. The molecule has 0 aliphatic carbocycles. The van der Waals surface area contributed by atoms with Crippen LogP contribution in [0.4, 0.5) is 13.2 Å². The predicted octanol–water partition coefficient (Wildman–Crippen LogP) is 4.34. The fourth-order valence-electron chi connectivity index (χ4n) is 2.95. The van der Waals surface area contributed by atoms with Crippen molar-refractivity contribution in [3.8, 4) is 17.2 Å². The standard InChI is InChI=1S/C19H22F3NO4/c1-10-7-15(24-3)17(26-5)16(25-4)12(10)8-13-11(2)14(19(20,21)22)9-23-18(13)27-6/h7-9,18H,1-6H3. The van der Waals surface area contributed by atoms with Crippen LogP contribution in [0.15, 0.2) is 27.8 Å². The molecule has 0 amide bonds. The van der Waals surface area contributed by atoms with E-state index >= 15 is 0 Å². The van der Waals surface area contributed by atoms with Gasteiger partial charge in [0.25, 0.3) is 0 Å². The van der Waals surface area contributed by atoms with Gasteiger partial charge in [-0.25, -0.2) is 0 Å². The third-order valence-electron chi connectivity index (χ3n) is 4.35. The van der Waals surface area contributed by atoms with Crippen LogP contribution in [0, 0.1) is 6.92 Å². The zero-order chi connectivity index (χ0) is 20.4. The van der Waals surface area contributed by atoms with E-state index in [2.05, 4.69) is 4.99 Å². The van der Waals surface area contributed by atoms with Crippen molar-refractivity contribution in [1.29, 1.82) is 0 Å². The number of dihydropyridines is 1. The minimum absolute atomic E-state index is 0.0422. The van der Waals surface area contributed by atoms with Crippen LogP contribution in [0.3, 0.4) is 0 Å². The molecule has 0 N–H and O–H groups in total. The van der Waals surface area contributed by atoms with Crippen molar-refractivity contribution >= 4 is 12.3 Å². The first-order valence-electron chi connectivity index (χ1n) is 8.05. The van der Waals surface area contributed by atoms with Crippen molar-refractivity contribution in [2.24, 2.45) is 4.99 Å². The molecule has 1 aliphatic rings. The Balaban J connectivity index is 2.75. The molecule has 1 aromatic rings. The fraction of sp³-hybridized carbons (Fsp3) is 0.421. The Kier molecular flexibility index (Phi) is 6.20. The molecule has 0 saturated heterocycles. The summed E-state index contributed by atoms with van der Waals surface area (Å²) in [5, 5.41) is 0. The second-order valence-electron chi connectivity index (χ2n) is 5.88. The minimum Gasteiger partial charge on any atom is -0.493 e. The third kappa shape index (κ3) is 3.95. The second kappa shape index (κ2) is 8.04. The molecule has 0 bridgehead atoms. The highest BCUT2D eigenvalue weighted by molar-refractivity contribution is 5.87. The molecule has 1 unspecified atom stereocenters. The quantitative estimate of drug-likeness (QED) is 0.757. The van der Waals surface area contributed by atoms with Crippen LogP contribution in [0.25, 0.3) is 6.08 Å². The van der Waals surface area contributed by atoms with Crippen molar-refractivity contribution in [1.82, 2.24) is 0 Å². The zero-order valence-corrected chi connectivity index (χ0v) is 16.0. The van der Waals surface area contributed by atoms with Crippen molar-refractivity contribution in [3.05, 3.63) is 33.9 Å². The molecule has 0 saturated carbocycles. The first-order chi connectivity index (χ1) is 12.7. The molecule has 0 fully saturated rings. The lowest BCUT2D eigenvalue weighted by atomic mass is 9.94. The van der Waals surface area contributed by atoms with E-state index in [1.165, 1.54) is 35.4 Å². The molecular weight excluding hydrogens is 363 g/mol. The van der Waals surface area contributed by atoms with Crippen LogP contribution in [-0.4, -0.2) is 47.1 Å². The summed E-state index contributed by atoms with van der Waals surface area (Å²) in [6.07, 6.45) is -2.97. The van der Waals surface area contributed by atoms with E-state index in [0.717, 1.165) is 11.8 Å². The molecule has 1 aliphatic heterocycles. The van der Waals surface area contributed by atoms with Gasteiger partial charge in [0.1, 0.15) is 0 Å². The summed E-state index contributed by atoms with van der Waals surface area (Å²) >= 11 is 0. The largest absolute Gasteiger partial charge is 0.493 e. The van der Waals surface area contributed by atoms with Gasteiger partial charge < -0.3 is 18.9 Å². The summed E-state index contributed by atoms with van der Waals surface area (Å²) in [4.78, 5) is 3.90. The highest BCUT2D eigenvalue weighted by atomic mass is 19.4. The summed E-state index contributed by atoms with van der Waals surface area (Å²) in [5.41, 5.74) is 0.827. The van der Waals surface area contributed by atoms with E-state index in [1.54, 1.807) is 19.1 Å². The van der Waals surface area contributed by atoms with Gasteiger partial charge in [0.15, 0.2) is 17.7 Å². The topological polar surface area (TPSA) is 49.3 Å². The SMILES string of the molecule is COc1cc(C)c(C=C2C(C)=C(C(F)(F)F)C=NC2OC)c(OC)c1OC. The summed E-state index contributed by atoms with van der Waals surface area (Å²) in [7, 11) is 5.80. The van der Waals surface area contributed by atoms with E-state index in [-0.39, 0.29) is 5.57 Å². The van der Waals surface area contributed by atoms with E-state index in [1.807, 2.05) is 0 Å². The minimum atomic E-state index is -4.51. The average Bonchev–Trinajstić information content (AvgIpc) is 2.62. The normalized spacial score (nSPS) is 18.9. The molecular formula is C19H22F3NO4.